The van der Waals surface area contributed by atoms with Gasteiger partial charge in [-0.25, -0.2) is 19.7 Å². The first-order chi connectivity index (χ1) is 18.7. The van der Waals surface area contributed by atoms with Gasteiger partial charge in [-0.15, -0.1) is 0 Å². The number of aryl methyl sites for hydroxylation is 2. The maximum Gasteiger partial charge on any atom is 0.410 e. The minimum Gasteiger partial charge on any atom is -0.444 e. The zero-order chi connectivity index (χ0) is 27.6. The van der Waals surface area contributed by atoms with Crippen LogP contribution in [0.5, 0.6) is 0 Å². The van der Waals surface area contributed by atoms with Crippen molar-refractivity contribution in [3.05, 3.63) is 78.2 Å². The van der Waals surface area contributed by atoms with E-state index >= 15 is 0 Å². The summed E-state index contributed by atoms with van der Waals surface area (Å²) in [6.45, 7) is 11.1. The van der Waals surface area contributed by atoms with Crippen LogP contribution < -0.4 is 5.32 Å². The summed E-state index contributed by atoms with van der Waals surface area (Å²) in [7, 11) is 0. The minimum absolute atomic E-state index is 0.175. The van der Waals surface area contributed by atoms with Crippen LogP contribution in [0.1, 0.15) is 50.8 Å². The molecule has 0 atom stereocenters. The first-order valence-electron chi connectivity index (χ1n) is 13.5. The minimum atomic E-state index is -0.508. The molecule has 0 unspecified atom stereocenters. The highest BCUT2D eigenvalue weighted by Gasteiger charge is 2.30. The van der Waals surface area contributed by atoms with E-state index in [9.17, 15) is 4.79 Å². The summed E-state index contributed by atoms with van der Waals surface area (Å²) < 4.78 is 7.81. The lowest BCUT2D eigenvalue weighted by molar-refractivity contribution is 0.0189. The number of anilines is 2. The van der Waals surface area contributed by atoms with Crippen LogP contribution in [0.2, 0.25) is 0 Å². The van der Waals surface area contributed by atoms with Gasteiger partial charge >= 0.3 is 6.09 Å². The van der Waals surface area contributed by atoms with Gasteiger partial charge in [0.05, 0.1) is 23.4 Å². The van der Waals surface area contributed by atoms with Crippen molar-refractivity contribution in [2.24, 2.45) is 0 Å². The van der Waals surface area contributed by atoms with Gasteiger partial charge in [0.2, 0.25) is 5.95 Å². The van der Waals surface area contributed by atoms with Gasteiger partial charge < -0.3 is 19.5 Å². The quantitative estimate of drug-likeness (QED) is 0.304. The highest BCUT2D eigenvalue weighted by Crippen LogP contribution is 2.36. The summed E-state index contributed by atoms with van der Waals surface area (Å²) >= 11 is 0. The lowest BCUT2D eigenvalue weighted by Gasteiger charge is -2.34. The van der Waals surface area contributed by atoms with Gasteiger partial charge in [0.1, 0.15) is 5.60 Å². The largest absolute Gasteiger partial charge is 0.444 e. The number of nitrogens with one attached hydrogen (secondary N) is 1. The predicted molar refractivity (Wildman–Crippen MR) is 154 cm³/mol. The first kappa shape index (κ1) is 26.4. The van der Waals surface area contributed by atoms with Crippen LogP contribution in [-0.4, -0.2) is 49.2 Å². The topological polar surface area (TPSA) is 85.2 Å². The van der Waals surface area contributed by atoms with Gasteiger partial charge in [-0.2, -0.15) is 0 Å². The summed E-state index contributed by atoms with van der Waals surface area (Å²) in [6, 6.07) is 18.6. The van der Waals surface area contributed by atoms with E-state index in [1.165, 1.54) is 11.1 Å². The molecule has 5 rings (SSSR count). The van der Waals surface area contributed by atoms with Crippen molar-refractivity contribution in [2.45, 2.75) is 59.1 Å². The third kappa shape index (κ3) is 6.28. The molecule has 0 spiro atoms. The predicted octanol–water partition coefficient (Wildman–Crippen LogP) is 6.94. The number of likely N-dealkylation sites (tertiary alicyclic amines) is 1. The molecule has 0 saturated carbocycles. The van der Waals surface area contributed by atoms with E-state index in [4.69, 9.17) is 14.7 Å². The Bertz CT molecular complexity index is 1430. The van der Waals surface area contributed by atoms with E-state index < -0.39 is 5.60 Å². The van der Waals surface area contributed by atoms with Crippen molar-refractivity contribution >= 4 is 17.7 Å². The van der Waals surface area contributed by atoms with E-state index in [0.29, 0.717) is 19.0 Å². The molecule has 1 amide bonds. The third-order valence-corrected chi connectivity index (χ3v) is 6.73. The third-order valence-electron chi connectivity index (χ3n) is 6.73. The van der Waals surface area contributed by atoms with Crippen molar-refractivity contribution in [2.75, 3.05) is 18.4 Å². The van der Waals surface area contributed by atoms with Crippen LogP contribution in [0.4, 0.5) is 16.4 Å². The highest BCUT2D eigenvalue weighted by atomic mass is 16.6. The molecule has 8 nitrogen and oxygen atoms in total. The zero-order valence-corrected chi connectivity index (χ0v) is 23.3. The molecule has 202 valence electrons. The first-order valence-corrected chi connectivity index (χ1v) is 13.5. The van der Waals surface area contributed by atoms with Gasteiger partial charge in [-0.1, -0.05) is 36.4 Å². The summed E-state index contributed by atoms with van der Waals surface area (Å²) in [5.41, 5.74) is 6.45. The molecule has 1 aliphatic rings. The molecule has 8 heteroatoms. The summed E-state index contributed by atoms with van der Waals surface area (Å²) in [5.74, 6) is 0.531. The van der Waals surface area contributed by atoms with Crippen LogP contribution in [0.15, 0.2) is 67.1 Å². The number of piperidine rings is 1. The Morgan fingerprint density at radius 1 is 0.974 bits per heavy atom. The monoisotopic (exact) mass is 524 g/mol. The van der Waals surface area contributed by atoms with E-state index in [2.05, 4.69) is 59.0 Å². The van der Waals surface area contributed by atoms with Crippen LogP contribution in [0, 0.1) is 13.8 Å². The van der Waals surface area contributed by atoms with E-state index in [-0.39, 0.29) is 12.1 Å². The van der Waals surface area contributed by atoms with E-state index in [0.717, 1.165) is 41.2 Å². The van der Waals surface area contributed by atoms with Crippen LogP contribution in [-0.2, 0) is 4.74 Å². The van der Waals surface area contributed by atoms with Crippen molar-refractivity contribution in [1.82, 2.24) is 24.4 Å². The number of nitrogens with zero attached hydrogens (tertiary/aromatic N) is 5. The highest BCUT2D eigenvalue weighted by molar-refractivity contribution is 5.77. The zero-order valence-electron chi connectivity index (χ0n) is 23.3. The van der Waals surface area contributed by atoms with E-state index in [1.807, 2.05) is 51.4 Å². The van der Waals surface area contributed by atoms with Crippen molar-refractivity contribution in [1.29, 1.82) is 0 Å². The number of carbonyl (C=O) groups excluding carboxylic acids is 1. The van der Waals surface area contributed by atoms with Crippen molar-refractivity contribution in [3.8, 4) is 22.6 Å². The number of hydrogen-bond acceptors (Lipinski definition) is 6. The smallest absolute Gasteiger partial charge is 0.410 e. The van der Waals surface area contributed by atoms with Crippen LogP contribution in [0.3, 0.4) is 0 Å². The number of amides is 1. The average Bonchev–Trinajstić information content (AvgIpc) is 3.33. The second kappa shape index (κ2) is 10.9. The SMILES string of the molecule is Cc1cc(C)cc(Nc2nccc(-c3c(-c4ccccc4)ncn3C3CCN(C(=O)OC(C)(C)C)CC3)n2)c1. The second-order valence-corrected chi connectivity index (χ2v) is 11.2. The average molecular weight is 525 g/mol. The molecular formula is C31H36N6O2. The number of imidazole rings is 1. The van der Waals surface area contributed by atoms with Crippen LogP contribution >= 0.6 is 0 Å². The van der Waals surface area contributed by atoms with Crippen molar-refractivity contribution in [3.63, 3.8) is 0 Å². The number of ether oxygens (including phenoxy) is 1. The lowest BCUT2D eigenvalue weighted by Crippen LogP contribution is -2.42. The molecule has 2 aromatic carbocycles. The number of hydrogen-bond donors (Lipinski definition) is 1. The summed E-state index contributed by atoms with van der Waals surface area (Å²) in [4.78, 5) is 28.7. The molecule has 0 bridgehead atoms. The molecule has 2 aromatic heterocycles. The van der Waals surface area contributed by atoms with Gasteiger partial charge in [-0.05, 0) is 76.8 Å². The molecule has 1 fully saturated rings. The summed E-state index contributed by atoms with van der Waals surface area (Å²) in [6.07, 6.45) is 5.04. The molecule has 0 radical (unpaired) electrons. The fraction of sp³-hybridized carbons (Fsp3) is 0.355. The molecule has 4 aromatic rings. The molecule has 39 heavy (non-hydrogen) atoms. The van der Waals surface area contributed by atoms with Gasteiger partial charge in [0.15, 0.2) is 0 Å². The molecule has 1 saturated heterocycles. The standard InChI is InChI=1S/C31H36N6O2/c1-21-17-22(2)19-24(18-21)34-29-32-14-11-26(35-29)28-27(23-9-7-6-8-10-23)33-20-37(28)25-12-15-36(16-13-25)30(38)39-31(3,4)5/h6-11,14,17-20,25H,12-13,15-16H2,1-5H3,(H,32,34,35). The number of benzene rings is 2. The molecule has 0 aliphatic carbocycles. The fourth-order valence-corrected chi connectivity index (χ4v) is 5.08. The number of carbonyl (C=O) groups is 1. The summed E-state index contributed by atoms with van der Waals surface area (Å²) in [5, 5.41) is 3.37. The molecule has 1 N–H and O–H groups in total. The van der Waals surface area contributed by atoms with Crippen LogP contribution in [0.25, 0.3) is 22.6 Å². The van der Waals surface area contributed by atoms with Gasteiger partial charge in [0, 0.05) is 36.6 Å². The van der Waals surface area contributed by atoms with Gasteiger partial charge in [-0.3, -0.25) is 0 Å². The Hall–Kier alpha value is -4.20. The fourth-order valence-electron chi connectivity index (χ4n) is 5.08. The Kier molecular flexibility index (Phi) is 7.37. The Morgan fingerprint density at radius 2 is 1.67 bits per heavy atom. The normalized spacial score (nSPS) is 14.3. The maximum atomic E-state index is 12.6. The Morgan fingerprint density at radius 3 is 2.33 bits per heavy atom. The maximum absolute atomic E-state index is 12.6. The van der Waals surface area contributed by atoms with Crippen molar-refractivity contribution < 1.29 is 9.53 Å². The van der Waals surface area contributed by atoms with E-state index in [1.54, 1.807) is 11.1 Å². The van der Waals surface area contributed by atoms with Gasteiger partial charge in [0.25, 0.3) is 0 Å². The molecular weight excluding hydrogens is 488 g/mol. The lowest BCUT2D eigenvalue weighted by atomic mass is 10.0. The second-order valence-electron chi connectivity index (χ2n) is 11.2. The Balaban J connectivity index is 1.46. The Labute approximate surface area is 230 Å². The molecule has 1 aliphatic heterocycles. The number of aromatic nitrogens is 4. The number of rotatable bonds is 5. The molecule has 3 heterocycles.